The van der Waals surface area contributed by atoms with E-state index in [1.807, 2.05) is 7.05 Å². The van der Waals surface area contributed by atoms with Gasteiger partial charge in [0, 0.05) is 13.1 Å². The predicted molar refractivity (Wildman–Crippen MR) is 65.1 cm³/mol. The molecule has 0 saturated carbocycles. The van der Waals surface area contributed by atoms with E-state index >= 15 is 0 Å². The highest BCUT2D eigenvalue weighted by Gasteiger charge is 2.26. The molecule has 2 rings (SSSR count). The smallest absolute Gasteiger partial charge is 0.165 e. The quantitative estimate of drug-likeness (QED) is 0.881. The van der Waals surface area contributed by atoms with E-state index in [2.05, 4.69) is 4.90 Å². The van der Waals surface area contributed by atoms with E-state index in [1.165, 1.54) is 19.2 Å². The van der Waals surface area contributed by atoms with Crippen LogP contribution in [0.15, 0.2) is 18.2 Å². The van der Waals surface area contributed by atoms with E-state index in [9.17, 15) is 9.50 Å². The van der Waals surface area contributed by atoms with E-state index in [4.69, 9.17) is 9.47 Å². The van der Waals surface area contributed by atoms with E-state index in [0.29, 0.717) is 18.7 Å². The molecule has 1 heterocycles. The molecule has 0 bridgehead atoms. The summed E-state index contributed by atoms with van der Waals surface area (Å²) in [7, 11) is 3.38. The summed E-state index contributed by atoms with van der Waals surface area (Å²) in [6.07, 6.45) is -1.15. The summed E-state index contributed by atoms with van der Waals surface area (Å²) in [5, 5.41) is 10.2. The lowest BCUT2D eigenvalue weighted by molar-refractivity contribution is -0.0845. The summed E-state index contributed by atoms with van der Waals surface area (Å²) >= 11 is 0. The largest absolute Gasteiger partial charge is 0.494 e. The zero-order valence-electron chi connectivity index (χ0n) is 10.6. The van der Waals surface area contributed by atoms with Gasteiger partial charge in [-0.15, -0.1) is 0 Å². The molecule has 0 aromatic heterocycles. The first-order valence-electron chi connectivity index (χ1n) is 5.93. The second kappa shape index (κ2) is 5.65. The lowest BCUT2D eigenvalue weighted by atomic mass is 10.0. The Morgan fingerprint density at radius 3 is 2.94 bits per heavy atom. The van der Waals surface area contributed by atoms with Crippen molar-refractivity contribution < 1.29 is 19.0 Å². The lowest BCUT2D eigenvalue weighted by Crippen LogP contribution is -2.42. The van der Waals surface area contributed by atoms with Crippen molar-refractivity contribution in [1.29, 1.82) is 0 Å². The minimum Gasteiger partial charge on any atom is -0.494 e. The van der Waals surface area contributed by atoms with Crippen molar-refractivity contribution in [3.05, 3.63) is 29.6 Å². The molecule has 1 N–H and O–H groups in total. The maximum Gasteiger partial charge on any atom is 0.165 e. The average molecular weight is 255 g/mol. The van der Waals surface area contributed by atoms with Crippen LogP contribution in [-0.4, -0.2) is 50.0 Å². The molecule has 1 fully saturated rings. The average Bonchev–Trinajstić information content (AvgIpc) is 2.37. The predicted octanol–water partition coefficient (Wildman–Crippen LogP) is 1.20. The van der Waals surface area contributed by atoms with Gasteiger partial charge in [-0.2, -0.15) is 0 Å². The Bertz CT molecular complexity index is 413. The van der Waals surface area contributed by atoms with Gasteiger partial charge in [-0.1, -0.05) is 6.07 Å². The summed E-state index contributed by atoms with van der Waals surface area (Å²) in [6.45, 7) is 2.06. The Labute approximate surface area is 106 Å². The van der Waals surface area contributed by atoms with Crippen molar-refractivity contribution in [1.82, 2.24) is 4.90 Å². The van der Waals surface area contributed by atoms with Crippen molar-refractivity contribution in [3.63, 3.8) is 0 Å². The van der Waals surface area contributed by atoms with Crippen molar-refractivity contribution in [3.8, 4) is 5.75 Å². The first-order chi connectivity index (χ1) is 8.61. The number of aliphatic hydroxyl groups is 1. The fourth-order valence-electron chi connectivity index (χ4n) is 2.08. The molecule has 0 radical (unpaired) electrons. The maximum absolute atomic E-state index is 13.6. The second-order valence-electron chi connectivity index (χ2n) is 4.51. The molecule has 1 aliphatic rings. The van der Waals surface area contributed by atoms with Gasteiger partial charge in [-0.05, 0) is 24.7 Å². The van der Waals surface area contributed by atoms with Crippen molar-refractivity contribution in [2.45, 2.75) is 12.2 Å². The molecule has 100 valence electrons. The van der Waals surface area contributed by atoms with E-state index in [0.717, 1.165) is 6.54 Å². The fourth-order valence-corrected chi connectivity index (χ4v) is 2.08. The normalized spacial score (nSPS) is 22.8. The zero-order chi connectivity index (χ0) is 13.1. The molecule has 1 aliphatic heterocycles. The van der Waals surface area contributed by atoms with Crippen molar-refractivity contribution >= 4 is 0 Å². The first kappa shape index (κ1) is 13.3. The van der Waals surface area contributed by atoms with E-state index in [1.54, 1.807) is 6.07 Å². The van der Waals surface area contributed by atoms with Crippen LogP contribution in [0.1, 0.15) is 11.7 Å². The minimum atomic E-state index is -0.826. The number of hydrogen-bond acceptors (Lipinski definition) is 4. The molecule has 4 nitrogen and oxygen atoms in total. The van der Waals surface area contributed by atoms with Crippen LogP contribution in [0.3, 0.4) is 0 Å². The number of methoxy groups -OCH3 is 1. The first-order valence-corrected chi connectivity index (χ1v) is 5.93. The minimum absolute atomic E-state index is 0.174. The number of hydrogen-bond donors (Lipinski definition) is 1. The number of morpholine rings is 1. The van der Waals surface area contributed by atoms with Gasteiger partial charge in [0.05, 0.1) is 13.7 Å². The summed E-state index contributed by atoms with van der Waals surface area (Å²) in [4.78, 5) is 2.08. The molecule has 0 aliphatic carbocycles. The standard InChI is InChI=1S/C13H18FNO3/c1-15-5-6-18-12(8-15)13(16)9-3-4-11(17-2)10(14)7-9/h3-4,7,12-13,16H,5-6,8H2,1-2H3. The molecule has 2 atom stereocenters. The van der Waals surface area contributed by atoms with Crippen LogP contribution in [0.5, 0.6) is 5.75 Å². The van der Waals surface area contributed by atoms with Gasteiger partial charge in [-0.3, -0.25) is 0 Å². The Hall–Kier alpha value is -1.17. The van der Waals surface area contributed by atoms with Gasteiger partial charge in [0.25, 0.3) is 0 Å². The molecule has 0 spiro atoms. The van der Waals surface area contributed by atoms with E-state index in [-0.39, 0.29) is 11.9 Å². The molecule has 1 saturated heterocycles. The topological polar surface area (TPSA) is 41.9 Å². The third-order valence-corrected chi connectivity index (χ3v) is 3.17. The number of rotatable bonds is 3. The highest BCUT2D eigenvalue weighted by Crippen LogP contribution is 2.26. The highest BCUT2D eigenvalue weighted by molar-refractivity contribution is 5.30. The van der Waals surface area contributed by atoms with E-state index < -0.39 is 11.9 Å². The number of halogens is 1. The number of ether oxygens (including phenoxy) is 2. The third kappa shape index (κ3) is 2.80. The van der Waals surface area contributed by atoms with Gasteiger partial charge < -0.3 is 19.5 Å². The highest BCUT2D eigenvalue weighted by atomic mass is 19.1. The lowest BCUT2D eigenvalue weighted by Gasteiger charge is -2.33. The number of likely N-dealkylation sites (N-methyl/N-ethyl adjacent to an activating group) is 1. The van der Waals surface area contributed by atoms with Gasteiger partial charge in [0.1, 0.15) is 12.2 Å². The van der Waals surface area contributed by atoms with Crippen LogP contribution < -0.4 is 4.74 Å². The molecule has 1 aromatic carbocycles. The van der Waals surface area contributed by atoms with Crippen LogP contribution in [0, 0.1) is 5.82 Å². The summed E-state index contributed by atoms with van der Waals surface area (Å²) in [6, 6.07) is 4.46. The Morgan fingerprint density at radius 2 is 2.33 bits per heavy atom. The van der Waals surface area contributed by atoms with Crippen LogP contribution >= 0.6 is 0 Å². The number of benzene rings is 1. The Kier molecular flexibility index (Phi) is 4.16. The molecule has 18 heavy (non-hydrogen) atoms. The Morgan fingerprint density at radius 1 is 1.56 bits per heavy atom. The summed E-state index contributed by atoms with van der Waals surface area (Å²) < 4.78 is 23.9. The van der Waals surface area contributed by atoms with Crippen molar-refractivity contribution in [2.24, 2.45) is 0 Å². The number of nitrogens with zero attached hydrogens (tertiary/aromatic N) is 1. The SMILES string of the molecule is COc1ccc(C(O)C2CN(C)CCO2)cc1F. The Balaban J connectivity index is 2.12. The van der Waals surface area contributed by atoms with Crippen molar-refractivity contribution in [2.75, 3.05) is 33.9 Å². The van der Waals surface area contributed by atoms with Crippen LogP contribution in [0.4, 0.5) is 4.39 Å². The summed E-state index contributed by atoms with van der Waals surface area (Å²) in [5.74, 6) is -0.300. The molecule has 5 heteroatoms. The summed E-state index contributed by atoms with van der Waals surface area (Å²) in [5.41, 5.74) is 0.508. The molecular weight excluding hydrogens is 237 g/mol. The maximum atomic E-state index is 13.6. The second-order valence-corrected chi connectivity index (χ2v) is 4.51. The van der Waals surface area contributed by atoms with Gasteiger partial charge in [0.2, 0.25) is 0 Å². The number of aliphatic hydroxyl groups excluding tert-OH is 1. The van der Waals surface area contributed by atoms with Crippen LogP contribution in [0.25, 0.3) is 0 Å². The van der Waals surface area contributed by atoms with Gasteiger partial charge >= 0.3 is 0 Å². The molecular formula is C13H18FNO3. The fraction of sp³-hybridized carbons (Fsp3) is 0.538. The van der Waals surface area contributed by atoms with Crippen LogP contribution in [0.2, 0.25) is 0 Å². The monoisotopic (exact) mass is 255 g/mol. The third-order valence-electron chi connectivity index (χ3n) is 3.17. The van der Waals surface area contributed by atoms with Crippen LogP contribution in [-0.2, 0) is 4.74 Å². The molecule has 2 unspecified atom stereocenters. The molecule has 0 amide bonds. The van der Waals surface area contributed by atoms with Gasteiger partial charge in [0.15, 0.2) is 11.6 Å². The van der Waals surface area contributed by atoms with Gasteiger partial charge in [-0.25, -0.2) is 4.39 Å². The molecule has 1 aromatic rings. The zero-order valence-corrected chi connectivity index (χ0v) is 10.6.